The van der Waals surface area contributed by atoms with Crippen LogP contribution in [-0.2, 0) is 9.59 Å². The Kier molecular flexibility index (Phi) is 4.65. The monoisotopic (exact) mass is 255 g/mol. The minimum absolute atomic E-state index is 0.0657. The maximum atomic E-state index is 13.6. The lowest BCUT2D eigenvalue weighted by atomic mass is 10.2. The maximum Gasteiger partial charge on any atom is 0.326 e. The van der Waals surface area contributed by atoms with Crippen molar-refractivity contribution in [3.05, 3.63) is 30.1 Å². The third-order valence-corrected chi connectivity index (χ3v) is 2.55. The third kappa shape index (κ3) is 3.44. The zero-order valence-electron chi connectivity index (χ0n) is 9.84. The molecule has 0 aliphatic rings. The van der Waals surface area contributed by atoms with Crippen LogP contribution >= 0.6 is 0 Å². The van der Waals surface area contributed by atoms with Crippen molar-refractivity contribution >= 4 is 17.6 Å². The van der Waals surface area contributed by atoms with Gasteiger partial charge in [-0.1, -0.05) is 12.1 Å². The largest absolute Gasteiger partial charge is 0.481 e. The smallest absolute Gasteiger partial charge is 0.326 e. The summed E-state index contributed by atoms with van der Waals surface area (Å²) >= 11 is 0. The van der Waals surface area contributed by atoms with Gasteiger partial charge in [-0.25, -0.2) is 9.18 Å². The molecule has 98 valence electrons. The average molecular weight is 255 g/mol. The average Bonchev–Trinajstić information content (AvgIpc) is 2.30. The first-order valence-corrected chi connectivity index (χ1v) is 5.39. The van der Waals surface area contributed by atoms with E-state index in [9.17, 15) is 14.0 Å². The standard InChI is InChI=1S/C12H14FNO4/c1-8(12(17)18)14(7-6-11(15)16)10-5-3-2-4-9(10)13/h2-5,8H,6-7H2,1H3,(H,15,16)(H,17,18). The number of anilines is 1. The molecule has 0 aromatic heterocycles. The van der Waals surface area contributed by atoms with Crippen LogP contribution in [0.25, 0.3) is 0 Å². The van der Waals surface area contributed by atoms with Gasteiger partial charge < -0.3 is 15.1 Å². The molecule has 0 aliphatic heterocycles. The number of nitrogens with zero attached hydrogens (tertiary/aromatic N) is 1. The van der Waals surface area contributed by atoms with Crippen LogP contribution in [0.15, 0.2) is 24.3 Å². The topological polar surface area (TPSA) is 77.8 Å². The predicted molar refractivity (Wildman–Crippen MR) is 63.1 cm³/mol. The first-order valence-electron chi connectivity index (χ1n) is 5.39. The summed E-state index contributed by atoms with van der Waals surface area (Å²) in [4.78, 5) is 22.7. The molecule has 0 radical (unpaired) electrons. The van der Waals surface area contributed by atoms with E-state index in [1.807, 2.05) is 0 Å². The minimum atomic E-state index is -1.14. The van der Waals surface area contributed by atoms with Crippen molar-refractivity contribution in [1.29, 1.82) is 0 Å². The van der Waals surface area contributed by atoms with Gasteiger partial charge in [-0.15, -0.1) is 0 Å². The van der Waals surface area contributed by atoms with Crippen LogP contribution in [0.1, 0.15) is 13.3 Å². The zero-order chi connectivity index (χ0) is 13.7. The van der Waals surface area contributed by atoms with Crippen LogP contribution in [0.4, 0.5) is 10.1 Å². The number of carboxylic acid groups (broad SMARTS) is 2. The zero-order valence-corrected chi connectivity index (χ0v) is 9.84. The number of hydrogen-bond acceptors (Lipinski definition) is 3. The van der Waals surface area contributed by atoms with Gasteiger partial charge in [-0.3, -0.25) is 4.79 Å². The van der Waals surface area contributed by atoms with E-state index in [4.69, 9.17) is 10.2 Å². The van der Waals surface area contributed by atoms with E-state index in [-0.39, 0.29) is 18.7 Å². The predicted octanol–water partition coefficient (Wildman–Crippen LogP) is 1.58. The molecule has 2 N–H and O–H groups in total. The Morgan fingerprint density at radius 3 is 2.44 bits per heavy atom. The van der Waals surface area contributed by atoms with Crippen molar-refractivity contribution < 1.29 is 24.2 Å². The van der Waals surface area contributed by atoms with E-state index in [2.05, 4.69) is 0 Å². The number of carbonyl (C=O) groups is 2. The third-order valence-electron chi connectivity index (χ3n) is 2.55. The van der Waals surface area contributed by atoms with Gasteiger partial charge in [0.25, 0.3) is 0 Å². The van der Waals surface area contributed by atoms with Gasteiger partial charge in [-0.05, 0) is 19.1 Å². The highest BCUT2D eigenvalue weighted by Gasteiger charge is 2.23. The Hall–Kier alpha value is -2.11. The summed E-state index contributed by atoms with van der Waals surface area (Å²) in [7, 11) is 0. The van der Waals surface area contributed by atoms with Gasteiger partial charge in [-0.2, -0.15) is 0 Å². The Bertz CT molecular complexity index is 449. The van der Waals surface area contributed by atoms with Gasteiger partial charge in [0.15, 0.2) is 0 Å². The Morgan fingerprint density at radius 2 is 1.94 bits per heavy atom. The van der Waals surface area contributed by atoms with E-state index < -0.39 is 23.8 Å². The first-order chi connectivity index (χ1) is 8.43. The fourth-order valence-corrected chi connectivity index (χ4v) is 1.56. The number of benzene rings is 1. The molecule has 6 heteroatoms. The molecule has 0 heterocycles. The molecular weight excluding hydrogens is 241 g/mol. The molecular formula is C12H14FNO4. The molecule has 18 heavy (non-hydrogen) atoms. The van der Waals surface area contributed by atoms with E-state index in [0.717, 1.165) is 0 Å². The van der Waals surface area contributed by atoms with Gasteiger partial charge in [0, 0.05) is 6.54 Å². The molecule has 0 bridgehead atoms. The summed E-state index contributed by atoms with van der Waals surface area (Å²) < 4.78 is 13.6. The molecule has 1 aromatic carbocycles. The van der Waals surface area contributed by atoms with Crippen molar-refractivity contribution in [3.8, 4) is 0 Å². The maximum absolute atomic E-state index is 13.6. The summed E-state index contributed by atoms with van der Waals surface area (Å²) in [5, 5.41) is 17.6. The van der Waals surface area contributed by atoms with Crippen LogP contribution in [0.2, 0.25) is 0 Å². The Labute approximate surface area is 103 Å². The van der Waals surface area contributed by atoms with Crippen LogP contribution in [-0.4, -0.2) is 34.7 Å². The van der Waals surface area contributed by atoms with Crippen molar-refractivity contribution in [2.24, 2.45) is 0 Å². The molecule has 1 atom stereocenters. The van der Waals surface area contributed by atoms with E-state index in [0.29, 0.717) is 0 Å². The molecule has 0 amide bonds. The Morgan fingerprint density at radius 1 is 1.33 bits per heavy atom. The van der Waals surface area contributed by atoms with Gasteiger partial charge in [0.1, 0.15) is 11.9 Å². The lowest BCUT2D eigenvalue weighted by molar-refractivity contribution is -0.139. The molecule has 0 aliphatic carbocycles. The molecule has 1 unspecified atom stereocenters. The van der Waals surface area contributed by atoms with Crippen molar-refractivity contribution in [3.63, 3.8) is 0 Å². The van der Waals surface area contributed by atoms with Crippen molar-refractivity contribution in [1.82, 2.24) is 0 Å². The van der Waals surface area contributed by atoms with Crippen LogP contribution < -0.4 is 4.90 Å². The molecule has 0 fully saturated rings. The lowest BCUT2D eigenvalue weighted by Gasteiger charge is -2.28. The lowest BCUT2D eigenvalue weighted by Crippen LogP contribution is -2.40. The van der Waals surface area contributed by atoms with Crippen molar-refractivity contribution in [2.75, 3.05) is 11.4 Å². The number of aliphatic carboxylic acids is 2. The molecule has 1 aromatic rings. The van der Waals surface area contributed by atoms with E-state index >= 15 is 0 Å². The fourth-order valence-electron chi connectivity index (χ4n) is 1.56. The van der Waals surface area contributed by atoms with E-state index in [1.165, 1.54) is 30.0 Å². The van der Waals surface area contributed by atoms with Crippen LogP contribution in [0.3, 0.4) is 0 Å². The quantitative estimate of drug-likeness (QED) is 0.807. The molecule has 0 saturated heterocycles. The van der Waals surface area contributed by atoms with Gasteiger partial charge >= 0.3 is 11.9 Å². The van der Waals surface area contributed by atoms with E-state index in [1.54, 1.807) is 6.07 Å². The molecule has 0 saturated carbocycles. The summed E-state index contributed by atoms with van der Waals surface area (Å²) in [6.45, 7) is 1.32. The molecule has 1 rings (SSSR count). The molecule has 5 nitrogen and oxygen atoms in total. The highest BCUT2D eigenvalue weighted by molar-refractivity contribution is 5.78. The number of hydrogen-bond donors (Lipinski definition) is 2. The Balaban J connectivity index is 3.00. The first kappa shape index (κ1) is 14.0. The van der Waals surface area contributed by atoms with Gasteiger partial charge in [0.05, 0.1) is 12.1 Å². The SMILES string of the molecule is CC(C(=O)O)N(CCC(=O)O)c1ccccc1F. The minimum Gasteiger partial charge on any atom is -0.481 e. The highest BCUT2D eigenvalue weighted by atomic mass is 19.1. The summed E-state index contributed by atoms with van der Waals surface area (Å²) in [5.74, 6) is -2.77. The fraction of sp³-hybridized carbons (Fsp3) is 0.333. The number of halogens is 1. The molecule has 0 spiro atoms. The second kappa shape index (κ2) is 6.00. The second-order valence-electron chi connectivity index (χ2n) is 3.80. The number of carboxylic acids is 2. The van der Waals surface area contributed by atoms with Crippen LogP contribution in [0, 0.1) is 5.82 Å². The summed E-state index contributed by atoms with van der Waals surface area (Å²) in [6.07, 6.45) is -0.258. The number of rotatable bonds is 6. The summed E-state index contributed by atoms with van der Waals surface area (Å²) in [6, 6.07) is 4.69. The van der Waals surface area contributed by atoms with Crippen LogP contribution in [0.5, 0.6) is 0 Å². The van der Waals surface area contributed by atoms with Gasteiger partial charge in [0.2, 0.25) is 0 Å². The highest BCUT2D eigenvalue weighted by Crippen LogP contribution is 2.21. The second-order valence-corrected chi connectivity index (χ2v) is 3.80. The van der Waals surface area contributed by atoms with Crippen molar-refractivity contribution in [2.45, 2.75) is 19.4 Å². The normalized spacial score (nSPS) is 11.9. The summed E-state index contributed by atoms with van der Waals surface area (Å²) in [5.41, 5.74) is 0.0913. The number of para-hydroxylation sites is 1.